The first-order chi connectivity index (χ1) is 63.3. The van der Waals surface area contributed by atoms with Crippen molar-refractivity contribution in [2.75, 3.05) is 52.4 Å². The SMILES string of the molecule is Cc1[nH]ncc1-c1ccc2c(ccn2CC2CCN(C(=O)CCc3ccccc3)CC2)c1.Cn1nncc1-c1ccc2c(ccn2CC2CCN(C(=O)CCc3ccccc3)CC2)c1.O=C(CCc1ccccc1)N1CCC(Cn2ccc3cc(-c4cn[nH]n4)ccc32)CC1.[C-]#[N+]c1[nH]ncc1-c1ccc2c(ccn2CC2CCN(C(=O)CCCc3ccccc3)CC2)c1. The van der Waals surface area contributed by atoms with E-state index < -0.39 is 0 Å². The third-order valence-electron chi connectivity index (χ3n) is 26.8. The van der Waals surface area contributed by atoms with Crippen LogP contribution in [0, 0.1) is 37.2 Å². The topological polar surface area (TPSA) is 235 Å². The van der Waals surface area contributed by atoms with Gasteiger partial charge in [0.05, 0.1) is 30.5 Å². The lowest BCUT2D eigenvalue weighted by Gasteiger charge is -2.32. The van der Waals surface area contributed by atoms with Gasteiger partial charge in [0.15, 0.2) is 0 Å². The lowest BCUT2D eigenvalue weighted by molar-refractivity contribution is -0.133. The molecule has 4 aliphatic heterocycles. The maximum Gasteiger partial charge on any atom is 0.257 e. The second-order valence-electron chi connectivity index (χ2n) is 35.3. The van der Waals surface area contributed by atoms with Gasteiger partial charge in [-0.3, -0.25) is 24.3 Å². The van der Waals surface area contributed by atoms with Gasteiger partial charge in [0, 0.05) is 208 Å². The summed E-state index contributed by atoms with van der Waals surface area (Å²) in [6.45, 7) is 20.3. The van der Waals surface area contributed by atoms with Gasteiger partial charge in [0.25, 0.3) is 5.82 Å². The van der Waals surface area contributed by atoms with E-state index in [-0.39, 0.29) is 11.8 Å². The van der Waals surface area contributed by atoms with Crippen molar-refractivity contribution >= 4 is 73.1 Å². The fraction of sp³-hybridized carbons (Fsp3) is 0.330. The van der Waals surface area contributed by atoms with E-state index in [1.807, 2.05) is 73.9 Å². The molecule has 4 saturated heterocycles. The molecule has 16 aromatic rings. The van der Waals surface area contributed by atoms with Gasteiger partial charge in [-0.15, -0.1) is 10.2 Å². The molecule has 129 heavy (non-hydrogen) atoms. The number of nitrogens with zero attached hydrogens (tertiary/aromatic N) is 16. The number of nitrogens with one attached hydrogen (secondary N) is 3. The van der Waals surface area contributed by atoms with Gasteiger partial charge < -0.3 is 42.7 Å². The molecular formula is C106H115N19O4. The van der Waals surface area contributed by atoms with Crippen molar-refractivity contribution in [2.24, 2.45) is 30.7 Å². The number of hydrogen-bond donors (Lipinski definition) is 3. The van der Waals surface area contributed by atoms with Crippen molar-refractivity contribution in [1.82, 2.24) is 88.7 Å². The summed E-state index contributed by atoms with van der Waals surface area (Å²) in [4.78, 5) is 62.3. The van der Waals surface area contributed by atoms with Gasteiger partial charge in [0.1, 0.15) is 5.69 Å². The van der Waals surface area contributed by atoms with Crippen LogP contribution in [0.25, 0.3) is 93.2 Å². The number of rotatable bonds is 25. The molecule has 0 saturated carbocycles. The summed E-state index contributed by atoms with van der Waals surface area (Å²) in [5, 5.41) is 37.6. The van der Waals surface area contributed by atoms with Gasteiger partial charge in [-0.05, 0) is 220 Å². The van der Waals surface area contributed by atoms with Crippen LogP contribution < -0.4 is 0 Å². The number of amides is 4. The number of benzene rings is 8. The average Bonchev–Trinajstić information content (AvgIpc) is 1.67. The minimum atomic E-state index is 0.286. The van der Waals surface area contributed by atoms with Gasteiger partial charge >= 0.3 is 0 Å². The van der Waals surface area contributed by atoms with Crippen LogP contribution in [-0.4, -0.2) is 165 Å². The molecule has 4 aliphatic rings. The van der Waals surface area contributed by atoms with Gasteiger partial charge in [-0.1, -0.05) is 157 Å². The minimum Gasteiger partial charge on any atom is -0.362 e. The summed E-state index contributed by atoms with van der Waals surface area (Å²) in [6.07, 6.45) is 31.2. The summed E-state index contributed by atoms with van der Waals surface area (Å²) in [7, 11) is 1.91. The monoisotopic (exact) mass is 1720 g/mol. The molecule has 8 aromatic carbocycles. The number of carbonyl (C=O) groups excluding carboxylic acids is 4. The van der Waals surface area contributed by atoms with Gasteiger partial charge in [-0.2, -0.15) is 20.5 Å². The summed E-state index contributed by atoms with van der Waals surface area (Å²) < 4.78 is 11.2. The Balaban J connectivity index is 0.000000121. The molecule has 4 fully saturated rings. The highest BCUT2D eigenvalue weighted by molar-refractivity contribution is 5.90. The Morgan fingerprint density at radius 2 is 0.729 bits per heavy atom. The number of H-pyrrole nitrogens is 3. The highest BCUT2D eigenvalue weighted by atomic mass is 16.2. The van der Waals surface area contributed by atoms with Crippen LogP contribution in [0.5, 0.6) is 0 Å². The Labute approximate surface area is 754 Å². The zero-order valence-corrected chi connectivity index (χ0v) is 74.0. The number of likely N-dealkylation sites (tertiary alicyclic amines) is 4. The van der Waals surface area contributed by atoms with E-state index in [4.69, 9.17) is 6.57 Å². The fourth-order valence-corrected chi connectivity index (χ4v) is 19.2. The molecule has 4 amide bonds. The van der Waals surface area contributed by atoms with Gasteiger partial charge in [-0.25, -0.2) is 9.78 Å². The number of piperidine rings is 4. The van der Waals surface area contributed by atoms with E-state index in [0.717, 1.165) is 207 Å². The molecule has 0 aliphatic carbocycles. The van der Waals surface area contributed by atoms with Gasteiger partial charge in [0.2, 0.25) is 23.6 Å². The summed E-state index contributed by atoms with van der Waals surface area (Å²) in [5.74, 6) is 4.02. The Morgan fingerprint density at radius 3 is 1.09 bits per heavy atom. The molecule has 20 rings (SSSR count). The molecule has 3 N–H and O–H groups in total. The first-order valence-corrected chi connectivity index (χ1v) is 46.1. The quantitative estimate of drug-likeness (QED) is 0.0458. The standard InChI is InChI=1S/C28H29N5O.C27H30N4O.C26H29N5O.C25H27N5O/c1-29-28-25(19-30-31-28)23-10-11-26-24(18-23)14-17-33(26)20-22-12-15-32(16-13-22)27(34)9-5-8-21-6-3-2-4-7-21;1-20-25(18-28-29-20)23-8-9-26-24(17-23)13-16-31(26)19-22-11-14-30(15-12-22)27(32)10-7-21-5-3-2-4-6-21;1-29-25(18-27-28-29)22-8-9-24-23(17-22)13-16-31(24)19-21-11-14-30(15-12-21)26(32)10-7-20-5-3-2-4-6-20;31-25(9-6-19-4-2-1-3-5-19)29-13-10-20(11-14-29)18-30-15-12-22-16-21(7-8-24(22)30)23-17-26-28-27-23/h2-4,6-7,10-11,14,17-19,22H,5,8-9,12-13,15-16,20H2,(H,30,31);2-6,8-9,13,16-18,22H,7,10-12,14-15,19H2,1H3,(H,28,29);2-6,8-9,13,16-18,21H,7,10-12,14-15,19H2,1H3;1-5,7-8,12,15-17,20H,6,9-11,13-14,18H2,(H,26,27,28). The summed E-state index contributed by atoms with van der Waals surface area (Å²) in [5.41, 5.74) is 19.4. The molecule has 0 bridgehead atoms. The molecular weight excluding hydrogens is 1600 g/mol. The van der Waals surface area contributed by atoms with Crippen molar-refractivity contribution in [2.45, 2.75) is 142 Å². The highest BCUT2D eigenvalue weighted by Crippen LogP contribution is 2.36. The van der Waals surface area contributed by atoms with Crippen LogP contribution in [0.1, 0.15) is 111 Å². The van der Waals surface area contributed by atoms with Crippen molar-refractivity contribution in [3.63, 3.8) is 0 Å². The molecule has 23 heteroatoms. The molecule has 23 nitrogen and oxygen atoms in total. The van der Waals surface area contributed by atoms with Crippen LogP contribution in [0.4, 0.5) is 5.82 Å². The van der Waals surface area contributed by atoms with Crippen LogP contribution in [0.2, 0.25) is 0 Å². The van der Waals surface area contributed by atoms with Crippen LogP contribution in [0.3, 0.4) is 0 Å². The number of aromatic amines is 3. The third kappa shape index (κ3) is 22.2. The van der Waals surface area contributed by atoms with Crippen LogP contribution in [0.15, 0.2) is 268 Å². The van der Waals surface area contributed by atoms with E-state index in [0.29, 0.717) is 67.0 Å². The highest BCUT2D eigenvalue weighted by Gasteiger charge is 2.29. The zero-order chi connectivity index (χ0) is 88.2. The molecule has 0 radical (unpaired) electrons. The summed E-state index contributed by atoms with van der Waals surface area (Å²) >= 11 is 0. The number of fused-ring (bicyclic) bond motifs is 4. The van der Waals surface area contributed by atoms with Crippen molar-refractivity contribution < 1.29 is 19.2 Å². The van der Waals surface area contributed by atoms with E-state index in [1.165, 1.54) is 71.4 Å². The number of aryl methyl sites for hydroxylation is 6. The number of hydrogen-bond acceptors (Lipinski definition) is 10. The maximum atomic E-state index is 12.7. The predicted octanol–water partition coefficient (Wildman–Crippen LogP) is 19.7. The summed E-state index contributed by atoms with van der Waals surface area (Å²) in [6, 6.07) is 75.9. The van der Waals surface area contributed by atoms with E-state index in [1.54, 1.807) is 23.3 Å². The normalized spacial score (nSPS) is 14.7. The first kappa shape index (κ1) is 87.1. The largest absolute Gasteiger partial charge is 0.362 e. The fourth-order valence-electron chi connectivity index (χ4n) is 19.2. The average molecular weight is 1720 g/mol. The molecule has 658 valence electrons. The van der Waals surface area contributed by atoms with Crippen LogP contribution in [-0.2, 0) is 78.1 Å². The Bertz CT molecular complexity index is 6200. The second-order valence-corrected chi connectivity index (χ2v) is 35.3. The molecule has 8 aromatic heterocycles. The Kier molecular flexibility index (Phi) is 28.4. The molecule has 0 atom stereocenters. The third-order valence-corrected chi connectivity index (χ3v) is 26.8. The second kappa shape index (κ2) is 42.1. The maximum absolute atomic E-state index is 12.7. The number of aromatic nitrogens is 14. The smallest absolute Gasteiger partial charge is 0.257 e. The first-order valence-electron chi connectivity index (χ1n) is 46.1. The molecule has 12 heterocycles. The van der Waals surface area contributed by atoms with Crippen molar-refractivity contribution in [3.8, 4) is 44.8 Å². The van der Waals surface area contributed by atoms with Crippen LogP contribution >= 0.6 is 0 Å². The van der Waals surface area contributed by atoms with E-state index in [2.05, 4.69) is 278 Å². The van der Waals surface area contributed by atoms with Crippen molar-refractivity contribution in [3.05, 3.63) is 307 Å². The predicted molar refractivity (Wildman–Crippen MR) is 510 cm³/mol. The Hall–Kier alpha value is -14.0. The molecule has 0 spiro atoms. The Morgan fingerprint density at radius 1 is 0.380 bits per heavy atom. The van der Waals surface area contributed by atoms with Crippen molar-refractivity contribution in [1.29, 1.82) is 0 Å². The minimum absolute atomic E-state index is 0.286. The van der Waals surface area contributed by atoms with E-state index in [9.17, 15) is 19.2 Å². The number of carbonyl (C=O) groups is 4. The van der Waals surface area contributed by atoms with E-state index >= 15 is 0 Å². The lowest BCUT2D eigenvalue weighted by atomic mass is 9.96. The molecule has 0 unspecified atom stereocenters. The zero-order valence-electron chi connectivity index (χ0n) is 74.0. The lowest BCUT2D eigenvalue weighted by Crippen LogP contribution is -2.39.